The standard InChI is InChI=1S/C44H40N2O4/c1-30-5-9-34(10-6-30)42(47)45-36-17-25-40(26-18-36)49-38-21-13-32(14-22-38)33-15-23-39(24-16-33)50-41-27-19-37(20-28-41)46-43(48)35-11-7-31(8-12-35)29-44(2,3)4/h5-28H,29H2,1-4H3,(H,45,47)(H,46,48). The Bertz CT molecular complexity index is 2040. The molecule has 0 aliphatic heterocycles. The van der Waals surface area contributed by atoms with Crippen LogP contribution in [-0.4, -0.2) is 11.8 Å². The molecule has 6 heteroatoms. The molecule has 0 aliphatic carbocycles. The van der Waals surface area contributed by atoms with Gasteiger partial charge in [-0.1, -0.05) is 74.9 Å². The Morgan fingerprint density at radius 1 is 0.480 bits per heavy atom. The summed E-state index contributed by atoms with van der Waals surface area (Å²) in [5.74, 6) is 2.46. The zero-order valence-corrected chi connectivity index (χ0v) is 28.7. The van der Waals surface area contributed by atoms with Gasteiger partial charge in [0, 0.05) is 22.5 Å². The summed E-state index contributed by atoms with van der Waals surface area (Å²) >= 11 is 0. The minimum Gasteiger partial charge on any atom is -0.457 e. The Kier molecular flexibility index (Phi) is 10.1. The Morgan fingerprint density at radius 3 is 1.18 bits per heavy atom. The number of ether oxygens (including phenoxy) is 2. The van der Waals surface area contributed by atoms with Crippen LogP contribution in [0.3, 0.4) is 0 Å². The molecular formula is C44H40N2O4. The van der Waals surface area contributed by atoms with Gasteiger partial charge in [-0.3, -0.25) is 9.59 Å². The van der Waals surface area contributed by atoms with E-state index in [1.54, 1.807) is 0 Å². The molecule has 50 heavy (non-hydrogen) atoms. The van der Waals surface area contributed by atoms with E-state index in [-0.39, 0.29) is 17.2 Å². The number of hydrogen-bond acceptors (Lipinski definition) is 4. The summed E-state index contributed by atoms with van der Waals surface area (Å²) in [4.78, 5) is 25.3. The Labute approximate surface area is 293 Å². The zero-order valence-electron chi connectivity index (χ0n) is 28.7. The Balaban J connectivity index is 0.986. The highest BCUT2D eigenvalue weighted by Gasteiger charge is 2.13. The fourth-order valence-electron chi connectivity index (χ4n) is 5.41. The van der Waals surface area contributed by atoms with Gasteiger partial charge in [-0.2, -0.15) is 0 Å². The first-order chi connectivity index (χ1) is 24.1. The minimum absolute atomic E-state index is 0.147. The molecule has 250 valence electrons. The number of carbonyl (C=O) groups is 2. The molecule has 6 aromatic carbocycles. The average molecular weight is 661 g/mol. The van der Waals surface area contributed by atoms with Crippen molar-refractivity contribution in [2.75, 3.05) is 10.6 Å². The van der Waals surface area contributed by atoms with Gasteiger partial charge in [0.15, 0.2) is 0 Å². The second-order valence-electron chi connectivity index (χ2n) is 13.5. The molecule has 0 saturated heterocycles. The SMILES string of the molecule is Cc1ccc(C(=O)Nc2ccc(Oc3ccc(-c4ccc(Oc5ccc(NC(=O)c6ccc(CC(C)(C)C)cc6)cc5)cc4)cc3)cc2)cc1. The summed E-state index contributed by atoms with van der Waals surface area (Å²) in [6.07, 6.45) is 0.958. The molecule has 0 heterocycles. The van der Waals surface area contributed by atoms with Crippen LogP contribution in [0.1, 0.15) is 52.6 Å². The summed E-state index contributed by atoms with van der Waals surface area (Å²) < 4.78 is 12.1. The van der Waals surface area contributed by atoms with Crippen molar-refractivity contribution >= 4 is 23.2 Å². The van der Waals surface area contributed by atoms with Crippen LogP contribution in [-0.2, 0) is 6.42 Å². The van der Waals surface area contributed by atoms with E-state index in [0.29, 0.717) is 45.5 Å². The summed E-state index contributed by atoms with van der Waals surface area (Å²) in [6.45, 7) is 8.60. The largest absolute Gasteiger partial charge is 0.457 e. The number of nitrogens with one attached hydrogen (secondary N) is 2. The lowest BCUT2D eigenvalue weighted by molar-refractivity contribution is 0.101. The lowest BCUT2D eigenvalue weighted by Gasteiger charge is -2.18. The maximum atomic E-state index is 12.8. The van der Waals surface area contributed by atoms with Crippen molar-refractivity contribution in [3.05, 3.63) is 168 Å². The van der Waals surface area contributed by atoms with E-state index >= 15 is 0 Å². The molecule has 0 aliphatic rings. The maximum Gasteiger partial charge on any atom is 0.255 e. The lowest BCUT2D eigenvalue weighted by Crippen LogP contribution is -2.12. The van der Waals surface area contributed by atoms with Crippen molar-refractivity contribution in [2.45, 2.75) is 34.1 Å². The molecule has 6 aromatic rings. The third-order valence-electron chi connectivity index (χ3n) is 8.00. The zero-order chi connectivity index (χ0) is 35.1. The third-order valence-corrected chi connectivity index (χ3v) is 8.00. The topological polar surface area (TPSA) is 76.7 Å². The first kappa shape index (κ1) is 33.7. The number of hydrogen-bond donors (Lipinski definition) is 2. The van der Waals surface area contributed by atoms with E-state index in [9.17, 15) is 9.59 Å². The first-order valence-corrected chi connectivity index (χ1v) is 16.6. The van der Waals surface area contributed by atoms with Gasteiger partial charge < -0.3 is 20.1 Å². The smallest absolute Gasteiger partial charge is 0.255 e. The number of aryl methyl sites for hydroxylation is 1. The van der Waals surface area contributed by atoms with E-state index in [2.05, 4.69) is 31.4 Å². The highest BCUT2D eigenvalue weighted by atomic mass is 16.5. The molecule has 0 aromatic heterocycles. The second-order valence-corrected chi connectivity index (χ2v) is 13.5. The van der Waals surface area contributed by atoms with Crippen LogP contribution < -0.4 is 20.1 Å². The van der Waals surface area contributed by atoms with Crippen molar-refractivity contribution in [3.63, 3.8) is 0 Å². The number of anilines is 2. The van der Waals surface area contributed by atoms with E-state index in [4.69, 9.17) is 9.47 Å². The third kappa shape index (κ3) is 9.26. The highest BCUT2D eigenvalue weighted by molar-refractivity contribution is 6.05. The molecule has 6 rings (SSSR count). The van der Waals surface area contributed by atoms with Gasteiger partial charge in [-0.15, -0.1) is 0 Å². The van der Waals surface area contributed by atoms with E-state index in [1.165, 1.54) is 5.56 Å². The fraction of sp³-hybridized carbons (Fsp3) is 0.136. The van der Waals surface area contributed by atoms with Crippen LogP contribution in [0.15, 0.2) is 146 Å². The van der Waals surface area contributed by atoms with E-state index in [1.807, 2.05) is 153 Å². The Hall–Kier alpha value is -6.14. The van der Waals surface area contributed by atoms with Gasteiger partial charge in [0.25, 0.3) is 11.8 Å². The fourth-order valence-corrected chi connectivity index (χ4v) is 5.41. The van der Waals surface area contributed by atoms with Crippen molar-refractivity contribution in [3.8, 4) is 34.1 Å². The molecule has 6 nitrogen and oxygen atoms in total. The van der Waals surface area contributed by atoms with Crippen LogP contribution in [0.2, 0.25) is 0 Å². The van der Waals surface area contributed by atoms with Gasteiger partial charge >= 0.3 is 0 Å². The van der Waals surface area contributed by atoms with Gasteiger partial charge in [0.05, 0.1) is 0 Å². The van der Waals surface area contributed by atoms with Gasteiger partial charge in [-0.25, -0.2) is 0 Å². The van der Waals surface area contributed by atoms with Crippen molar-refractivity contribution in [1.82, 2.24) is 0 Å². The van der Waals surface area contributed by atoms with Crippen LogP contribution in [0.5, 0.6) is 23.0 Å². The van der Waals surface area contributed by atoms with Gasteiger partial charge in [0.1, 0.15) is 23.0 Å². The molecule has 0 fully saturated rings. The molecular weight excluding hydrogens is 620 g/mol. The molecule has 2 amide bonds. The summed E-state index contributed by atoms with van der Waals surface area (Å²) in [5.41, 5.74) is 7.23. The van der Waals surface area contributed by atoms with Crippen LogP contribution in [0, 0.1) is 12.3 Å². The number of carbonyl (C=O) groups excluding carboxylic acids is 2. The monoisotopic (exact) mass is 660 g/mol. The highest BCUT2D eigenvalue weighted by Crippen LogP contribution is 2.30. The minimum atomic E-state index is -0.154. The predicted molar refractivity (Wildman–Crippen MR) is 202 cm³/mol. The molecule has 2 N–H and O–H groups in total. The lowest BCUT2D eigenvalue weighted by atomic mass is 9.88. The van der Waals surface area contributed by atoms with Crippen LogP contribution in [0.4, 0.5) is 11.4 Å². The molecule has 0 spiro atoms. The predicted octanol–water partition coefficient (Wildman–Crippen LogP) is 11.3. The number of amides is 2. The second kappa shape index (κ2) is 15.0. The Morgan fingerprint density at radius 2 is 0.820 bits per heavy atom. The first-order valence-electron chi connectivity index (χ1n) is 16.6. The van der Waals surface area contributed by atoms with Crippen LogP contribution in [0.25, 0.3) is 11.1 Å². The normalized spacial score (nSPS) is 11.0. The molecule has 0 bridgehead atoms. The average Bonchev–Trinajstić information content (AvgIpc) is 3.10. The molecule has 0 saturated carbocycles. The molecule has 0 radical (unpaired) electrons. The quantitative estimate of drug-likeness (QED) is 0.153. The van der Waals surface area contributed by atoms with E-state index < -0.39 is 0 Å². The maximum absolute atomic E-state index is 12.8. The molecule has 0 atom stereocenters. The molecule has 0 unspecified atom stereocenters. The van der Waals surface area contributed by atoms with Gasteiger partial charge in [0.2, 0.25) is 0 Å². The number of benzene rings is 6. The van der Waals surface area contributed by atoms with Crippen molar-refractivity contribution in [1.29, 1.82) is 0 Å². The summed E-state index contributed by atoms with van der Waals surface area (Å²) in [6, 6.07) is 45.6. The van der Waals surface area contributed by atoms with Crippen molar-refractivity contribution < 1.29 is 19.1 Å². The summed E-state index contributed by atoms with van der Waals surface area (Å²) in [7, 11) is 0. The van der Waals surface area contributed by atoms with E-state index in [0.717, 1.165) is 23.1 Å². The summed E-state index contributed by atoms with van der Waals surface area (Å²) in [5, 5.41) is 5.87. The van der Waals surface area contributed by atoms with Crippen molar-refractivity contribution in [2.24, 2.45) is 5.41 Å². The van der Waals surface area contributed by atoms with Crippen LogP contribution >= 0.6 is 0 Å². The number of rotatable bonds is 10. The van der Waals surface area contributed by atoms with Gasteiger partial charge in [-0.05, 0) is 133 Å².